The summed E-state index contributed by atoms with van der Waals surface area (Å²) in [6.07, 6.45) is 11.8. The van der Waals surface area contributed by atoms with E-state index in [1.807, 2.05) is 12.4 Å². The fourth-order valence-corrected chi connectivity index (χ4v) is 6.60. The molecule has 27 heavy (non-hydrogen) atoms. The fraction of sp³-hybridized carbons (Fsp3) is 0.524. The van der Waals surface area contributed by atoms with E-state index in [1.165, 1.54) is 37.7 Å². The Morgan fingerprint density at radius 3 is 2.63 bits per heavy atom. The highest BCUT2D eigenvalue weighted by Gasteiger charge is 2.60. The Kier molecular flexibility index (Phi) is 3.17. The van der Waals surface area contributed by atoms with E-state index in [4.69, 9.17) is 10.1 Å². The lowest BCUT2D eigenvalue weighted by Gasteiger charge is -2.60. The second-order valence-electron chi connectivity index (χ2n) is 9.07. The molecule has 0 saturated heterocycles. The maximum atomic E-state index is 5.00. The van der Waals surface area contributed by atoms with Crippen LogP contribution in [0.4, 0.5) is 0 Å². The summed E-state index contributed by atoms with van der Waals surface area (Å²) in [4.78, 5) is 9.24. The number of aromatic amines is 1. The van der Waals surface area contributed by atoms with Crippen LogP contribution in [0.2, 0.25) is 0 Å². The van der Waals surface area contributed by atoms with Crippen LogP contribution in [0, 0.1) is 11.8 Å². The Morgan fingerprint density at radius 2 is 1.89 bits per heavy atom. The molecule has 2 aromatic heterocycles. The molecule has 2 unspecified atom stereocenters. The molecule has 4 saturated carbocycles. The molecule has 4 bridgehead atoms. The minimum Gasteiger partial charge on any atom is -0.263 e. The Balaban J connectivity index is 1.34. The van der Waals surface area contributed by atoms with Crippen LogP contribution in [0.5, 0.6) is 0 Å². The van der Waals surface area contributed by atoms with Crippen LogP contribution in [0.15, 0.2) is 43.0 Å². The average Bonchev–Trinajstić information content (AvgIpc) is 3.34. The summed E-state index contributed by atoms with van der Waals surface area (Å²) in [6.45, 7) is 0. The highest BCUT2D eigenvalue weighted by atomic mass is 15.4. The van der Waals surface area contributed by atoms with Crippen molar-refractivity contribution in [1.29, 1.82) is 0 Å². The summed E-state index contributed by atoms with van der Waals surface area (Å²) >= 11 is 0. The van der Waals surface area contributed by atoms with Crippen LogP contribution in [-0.2, 0) is 17.4 Å². The molecule has 4 aliphatic carbocycles. The number of rotatable bonds is 4. The SMILES string of the molecule is c1ccc(Cc2nc(C34CC5CC(C3)CC(n3cncn3)(C5)C4)n[nH]2)cc1. The van der Waals surface area contributed by atoms with Gasteiger partial charge in [-0.25, -0.2) is 14.6 Å². The predicted octanol–water partition coefficient (Wildman–Crippen LogP) is 3.23. The number of hydrogen-bond acceptors (Lipinski definition) is 4. The van der Waals surface area contributed by atoms with Crippen molar-refractivity contribution >= 4 is 0 Å². The minimum absolute atomic E-state index is 0.0987. The summed E-state index contributed by atoms with van der Waals surface area (Å²) in [6, 6.07) is 10.5. The van der Waals surface area contributed by atoms with Gasteiger partial charge in [-0.1, -0.05) is 30.3 Å². The van der Waals surface area contributed by atoms with E-state index in [-0.39, 0.29) is 11.0 Å². The van der Waals surface area contributed by atoms with Gasteiger partial charge in [-0.2, -0.15) is 10.2 Å². The van der Waals surface area contributed by atoms with E-state index in [9.17, 15) is 0 Å². The number of aromatic nitrogens is 6. The summed E-state index contributed by atoms with van der Waals surface area (Å²) in [5.74, 6) is 3.52. The Labute approximate surface area is 158 Å². The number of nitrogens with zero attached hydrogens (tertiary/aromatic N) is 5. The maximum Gasteiger partial charge on any atom is 0.156 e. The molecule has 0 spiro atoms. The first-order valence-corrected chi connectivity index (χ1v) is 10.0. The van der Waals surface area contributed by atoms with Crippen molar-refractivity contribution in [3.05, 3.63) is 60.2 Å². The van der Waals surface area contributed by atoms with Gasteiger partial charge in [-0.15, -0.1) is 0 Å². The molecule has 2 heterocycles. The van der Waals surface area contributed by atoms with E-state index in [2.05, 4.69) is 44.1 Å². The van der Waals surface area contributed by atoms with E-state index in [0.717, 1.165) is 36.3 Å². The van der Waals surface area contributed by atoms with Gasteiger partial charge in [0, 0.05) is 11.8 Å². The molecular formula is C21H24N6. The second-order valence-corrected chi connectivity index (χ2v) is 9.07. The highest BCUT2D eigenvalue weighted by molar-refractivity contribution is 5.23. The molecule has 3 aromatic rings. The first kappa shape index (κ1) is 15.5. The van der Waals surface area contributed by atoms with E-state index >= 15 is 0 Å². The molecule has 6 nitrogen and oxygen atoms in total. The van der Waals surface area contributed by atoms with Crippen LogP contribution < -0.4 is 0 Å². The molecule has 4 aliphatic rings. The minimum atomic E-state index is 0.0987. The largest absolute Gasteiger partial charge is 0.263 e. The van der Waals surface area contributed by atoms with Crippen LogP contribution in [0.1, 0.15) is 55.7 Å². The standard InChI is InChI=1S/C21H24N6/c1-2-4-15(5-3-1)7-18-24-19(26-25-18)20-8-16-6-17(9-20)11-21(10-16,12-20)27-14-22-13-23-27/h1-5,13-14,16-17H,6-12H2,(H,24,25,26). The molecule has 1 aromatic carbocycles. The first-order valence-electron chi connectivity index (χ1n) is 10.0. The molecule has 2 atom stereocenters. The third-order valence-corrected chi connectivity index (χ3v) is 7.16. The molecular weight excluding hydrogens is 336 g/mol. The number of H-pyrrole nitrogens is 1. The van der Waals surface area contributed by atoms with E-state index < -0.39 is 0 Å². The zero-order valence-corrected chi connectivity index (χ0v) is 15.4. The van der Waals surface area contributed by atoms with Gasteiger partial charge in [0.25, 0.3) is 0 Å². The van der Waals surface area contributed by atoms with Gasteiger partial charge in [0.15, 0.2) is 5.82 Å². The molecule has 4 fully saturated rings. The van der Waals surface area contributed by atoms with Crippen LogP contribution >= 0.6 is 0 Å². The zero-order chi connectivity index (χ0) is 17.9. The average molecular weight is 360 g/mol. The van der Waals surface area contributed by atoms with Gasteiger partial charge in [0.2, 0.25) is 0 Å². The predicted molar refractivity (Wildman–Crippen MR) is 100.0 cm³/mol. The van der Waals surface area contributed by atoms with Gasteiger partial charge in [0.05, 0.1) is 5.54 Å². The number of nitrogens with one attached hydrogen (secondary N) is 1. The monoisotopic (exact) mass is 360 g/mol. The summed E-state index contributed by atoms with van der Waals surface area (Å²) in [7, 11) is 0. The number of hydrogen-bond donors (Lipinski definition) is 1. The topological polar surface area (TPSA) is 72.3 Å². The second kappa shape index (κ2) is 5.50. The van der Waals surface area contributed by atoms with Crippen LogP contribution in [-0.4, -0.2) is 29.9 Å². The van der Waals surface area contributed by atoms with E-state index in [0.29, 0.717) is 0 Å². The molecule has 7 rings (SSSR count). The van der Waals surface area contributed by atoms with Crippen molar-refractivity contribution in [2.75, 3.05) is 0 Å². The molecule has 0 amide bonds. The van der Waals surface area contributed by atoms with Crippen molar-refractivity contribution in [3.63, 3.8) is 0 Å². The van der Waals surface area contributed by atoms with Gasteiger partial charge >= 0.3 is 0 Å². The lowest BCUT2D eigenvalue weighted by atomic mass is 9.46. The van der Waals surface area contributed by atoms with Crippen LogP contribution in [0.3, 0.4) is 0 Å². The third kappa shape index (κ3) is 2.38. The van der Waals surface area contributed by atoms with Gasteiger partial charge in [0.1, 0.15) is 18.5 Å². The molecule has 1 N–H and O–H groups in total. The fourth-order valence-electron chi connectivity index (χ4n) is 6.60. The molecule has 6 heteroatoms. The normalized spacial score (nSPS) is 34.2. The lowest BCUT2D eigenvalue weighted by molar-refractivity contribution is -0.0715. The van der Waals surface area contributed by atoms with E-state index in [1.54, 1.807) is 6.33 Å². The Morgan fingerprint density at radius 1 is 1.07 bits per heavy atom. The van der Waals surface area contributed by atoms with Gasteiger partial charge in [-0.05, 0) is 55.9 Å². The smallest absolute Gasteiger partial charge is 0.156 e. The Hall–Kier alpha value is -2.50. The highest BCUT2D eigenvalue weighted by Crippen LogP contribution is 2.64. The van der Waals surface area contributed by atoms with Crippen molar-refractivity contribution in [2.24, 2.45) is 11.8 Å². The Bertz CT molecular complexity index is 930. The number of benzene rings is 1. The van der Waals surface area contributed by atoms with Crippen molar-refractivity contribution in [3.8, 4) is 0 Å². The zero-order valence-electron chi connectivity index (χ0n) is 15.4. The quantitative estimate of drug-likeness (QED) is 0.775. The van der Waals surface area contributed by atoms with Gasteiger partial charge < -0.3 is 0 Å². The maximum absolute atomic E-state index is 5.00. The summed E-state index contributed by atoms with van der Waals surface area (Å²) in [5.41, 5.74) is 1.48. The molecule has 0 radical (unpaired) electrons. The lowest BCUT2D eigenvalue weighted by Crippen LogP contribution is -2.58. The van der Waals surface area contributed by atoms with Crippen molar-refractivity contribution in [1.82, 2.24) is 29.9 Å². The summed E-state index contributed by atoms with van der Waals surface area (Å²) < 4.78 is 2.15. The molecule has 0 aliphatic heterocycles. The summed E-state index contributed by atoms with van der Waals surface area (Å²) in [5, 5.41) is 12.5. The first-order chi connectivity index (χ1) is 13.2. The third-order valence-electron chi connectivity index (χ3n) is 7.16. The van der Waals surface area contributed by atoms with Crippen LogP contribution in [0.25, 0.3) is 0 Å². The van der Waals surface area contributed by atoms with Crippen molar-refractivity contribution in [2.45, 2.75) is 55.9 Å². The van der Waals surface area contributed by atoms with Crippen molar-refractivity contribution < 1.29 is 0 Å². The molecule has 138 valence electrons. The van der Waals surface area contributed by atoms with Gasteiger partial charge in [-0.3, -0.25) is 5.10 Å².